The molecule has 0 aliphatic carbocycles. The molecule has 0 radical (unpaired) electrons. The maximum Gasteiger partial charge on any atom is 0.305 e. The highest BCUT2D eigenvalue weighted by Gasteiger charge is 2.28. The number of carbonyl (C=O) groups is 1. The number of benzene rings is 2. The van der Waals surface area contributed by atoms with Crippen LogP contribution >= 0.6 is 0 Å². The summed E-state index contributed by atoms with van der Waals surface area (Å²) in [7, 11) is 0. The summed E-state index contributed by atoms with van der Waals surface area (Å²) in [5.41, 5.74) is 8.48. The molecule has 0 unspecified atom stereocenters. The van der Waals surface area contributed by atoms with Crippen molar-refractivity contribution in [3.8, 4) is 5.88 Å². The van der Waals surface area contributed by atoms with Gasteiger partial charge >= 0.3 is 5.97 Å². The van der Waals surface area contributed by atoms with Crippen molar-refractivity contribution < 1.29 is 14.6 Å². The van der Waals surface area contributed by atoms with Crippen molar-refractivity contribution in [2.24, 2.45) is 5.73 Å². The second-order valence-electron chi connectivity index (χ2n) is 7.10. The van der Waals surface area contributed by atoms with Crippen LogP contribution < -0.4 is 10.5 Å². The predicted molar refractivity (Wildman–Crippen MR) is 116 cm³/mol. The van der Waals surface area contributed by atoms with Crippen LogP contribution in [0.2, 0.25) is 0 Å². The molecule has 1 aromatic heterocycles. The number of nitrogens with two attached hydrogens (primary N) is 1. The van der Waals surface area contributed by atoms with E-state index in [4.69, 9.17) is 10.5 Å². The summed E-state index contributed by atoms with van der Waals surface area (Å²) < 4.78 is 5.23. The van der Waals surface area contributed by atoms with E-state index >= 15 is 0 Å². The smallest absolute Gasteiger partial charge is 0.305 e. The van der Waals surface area contributed by atoms with Crippen molar-refractivity contribution in [2.75, 3.05) is 6.73 Å². The van der Waals surface area contributed by atoms with Gasteiger partial charge in [0.15, 0.2) is 0 Å². The first kappa shape index (κ1) is 21.5. The highest BCUT2D eigenvalue weighted by Crippen LogP contribution is 2.34. The van der Waals surface area contributed by atoms with Crippen LogP contribution in [0.4, 0.5) is 0 Å². The third-order valence-corrected chi connectivity index (χ3v) is 5.13. The fraction of sp³-hybridized carbons (Fsp3) is 0.250. The highest BCUT2D eigenvalue weighted by molar-refractivity contribution is 5.68. The molecule has 6 heteroatoms. The number of ether oxygens (including phenoxy) is 1. The maximum atomic E-state index is 11.8. The van der Waals surface area contributed by atoms with Gasteiger partial charge in [-0.2, -0.15) is 0 Å². The molecule has 30 heavy (non-hydrogen) atoms. The van der Waals surface area contributed by atoms with E-state index in [1.165, 1.54) is 0 Å². The van der Waals surface area contributed by atoms with E-state index in [2.05, 4.69) is 41.1 Å². The largest absolute Gasteiger partial charge is 0.481 e. The number of pyridine rings is 1. The average molecular weight is 405 g/mol. The van der Waals surface area contributed by atoms with Gasteiger partial charge in [-0.25, -0.2) is 4.98 Å². The first-order valence-electron chi connectivity index (χ1n) is 9.93. The molecular weight excluding hydrogens is 378 g/mol. The van der Waals surface area contributed by atoms with Crippen molar-refractivity contribution in [3.05, 3.63) is 95.7 Å². The summed E-state index contributed by atoms with van der Waals surface area (Å²) in [5, 5.41) is 9.66. The van der Waals surface area contributed by atoms with E-state index in [1.54, 1.807) is 12.3 Å². The van der Waals surface area contributed by atoms with Crippen molar-refractivity contribution in [1.82, 2.24) is 9.88 Å². The Kier molecular flexibility index (Phi) is 7.54. The summed E-state index contributed by atoms with van der Waals surface area (Å²) >= 11 is 0. The third kappa shape index (κ3) is 5.65. The van der Waals surface area contributed by atoms with Gasteiger partial charge in [-0.15, -0.1) is 0 Å². The van der Waals surface area contributed by atoms with E-state index in [9.17, 15) is 9.90 Å². The van der Waals surface area contributed by atoms with Crippen LogP contribution in [0.3, 0.4) is 0 Å². The molecule has 2 aromatic carbocycles. The lowest BCUT2D eigenvalue weighted by Crippen LogP contribution is -2.33. The lowest BCUT2D eigenvalue weighted by atomic mass is 9.97. The number of nitrogens with zero attached hydrogens (tertiary/aromatic N) is 2. The first-order valence-corrected chi connectivity index (χ1v) is 9.93. The van der Waals surface area contributed by atoms with Gasteiger partial charge in [-0.1, -0.05) is 66.7 Å². The Bertz CT molecular complexity index is 917. The van der Waals surface area contributed by atoms with Gasteiger partial charge < -0.3 is 9.84 Å². The zero-order valence-corrected chi connectivity index (χ0v) is 17.0. The Balaban J connectivity index is 1.99. The molecule has 6 nitrogen and oxygen atoms in total. The summed E-state index contributed by atoms with van der Waals surface area (Å²) in [6, 6.07) is 23.4. The Morgan fingerprint density at radius 2 is 1.70 bits per heavy atom. The molecule has 1 heterocycles. The van der Waals surface area contributed by atoms with Gasteiger partial charge in [0.2, 0.25) is 5.88 Å². The number of hydrogen-bond acceptors (Lipinski definition) is 5. The summed E-state index contributed by atoms with van der Waals surface area (Å²) in [4.78, 5) is 18.3. The van der Waals surface area contributed by atoms with Crippen LogP contribution in [0.15, 0.2) is 79.0 Å². The van der Waals surface area contributed by atoms with Crippen LogP contribution in [-0.2, 0) is 11.3 Å². The van der Waals surface area contributed by atoms with Crippen molar-refractivity contribution in [2.45, 2.75) is 32.0 Å². The van der Waals surface area contributed by atoms with Crippen molar-refractivity contribution in [3.63, 3.8) is 0 Å². The molecule has 3 aromatic rings. The Morgan fingerprint density at radius 1 is 1.03 bits per heavy atom. The zero-order chi connectivity index (χ0) is 21.3. The molecule has 0 aliphatic heterocycles. The second-order valence-corrected chi connectivity index (χ2v) is 7.10. The van der Waals surface area contributed by atoms with E-state index < -0.39 is 5.97 Å². The summed E-state index contributed by atoms with van der Waals surface area (Å²) in [6.45, 7) is 2.75. The molecular formula is C24H27N3O3. The number of hydrogen-bond donors (Lipinski definition) is 2. The predicted octanol–water partition coefficient (Wildman–Crippen LogP) is 4.16. The minimum atomic E-state index is -0.861. The molecule has 0 amide bonds. The van der Waals surface area contributed by atoms with E-state index in [1.807, 2.05) is 42.5 Å². The monoisotopic (exact) mass is 405 g/mol. The van der Waals surface area contributed by atoms with Crippen molar-refractivity contribution in [1.29, 1.82) is 0 Å². The third-order valence-electron chi connectivity index (χ3n) is 5.13. The van der Waals surface area contributed by atoms with Gasteiger partial charge in [-0.05, 0) is 23.6 Å². The maximum absolute atomic E-state index is 11.8. The number of carboxylic acid groups (broad SMARTS) is 1. The fourth-order valence-electron chi connectivity index (χ4n) is 3.59. The number of aliphatic carboxylic acids is 1. The number of aromatic nitrogens is 1. The standard InChI is InChI=1S/C24H27N3O3/c1-18(20-10-6-3-7-11-20)27(16-19-8-4-2-5-9-19)22(14-24(28)29)21-12-13-23(26-15-21)30-17-25/h2-13,15,18,22H,14,16-17,25H2,1H3,(H,28,29)/t18-,22+/m1/s1. The Labute approximate surface area is 176 Å². The molecule has 0 saturated carbocycles. The molecule has 0 bridgehead atoms. The summed E-state index contributed by atoms with van der Waals surface area (Å²) in [5.74, 6) is -0.443. The van der Waals surface area contributed by atoms with Crippen LogP contribution in [0, 0.1) is 0 Å². The van der Waals surface area contributed by atoms with Gasteiger partial charge in [0.1, 0.15) is 6.73 Å². The van der Waals surface area contributed by atoms with E-state index in [0.29, 0.717) is 12.4 Å². The molecule has 0 spiro atoms. The van der Waals surface area contributed by atoms with Crippen LogP contribution in [-0.4, -0.2) is 27.7 Å². The van der Waals surface area contributed by atoms with Crippen LogP contribution in [0.1, 0.15) is 42.1 Å². The van der Waals surface area contributed by atoms with E-state index in [0.717, 1.165) is 16.7 Å². The molecule has 0 saturated heterocycles. The molecule has 0 fully saturated rings. The molecule has 156 valence electrons. The first-order chi connectivity index (χ1) is 14.6. The number of rotatable bonds is 10. The minimum absolute atomic E-state index is 0.00396. The van der Waals surface area contributed by atoms with Gasteiger partial charge in [-0.3, -0.25) is 15.4 Å². The lowest BCUT2D eigenvalue weighted by molar-refractivity contribution is -0.138. The van der Waals surface area contributed by atoms with Crippen LogP contribution in [0.25, 0.3) is 0 Å². The molecule has 2 atom stereocenters. The van der Waals surface area contributed by atoms with Gasteiger partial charge in [0.05, 0.1) is 6.42 Å². The fourth-order valence-corrected chi connectivity index (χ4v) is 3.59. The SMILES string of the molecule is C[C@H](c1ccccc1)N(Cc1ccccc1)[C@@H](CC(=O)O)c1ccc(OCN)nc1. The zero-order valence-electron chi connectivity index (χ0n) is 17.0. The van der Waals surface area contributed by atoms with Crippen molar-refractivity contribution >= 4 is 5.97 Å². The minimum Gasteiger partial charge on any atom is -0.481 e. The van der Waals surface area contributed by atoms with E-state index in [-0.39, 0.29) is 25.2 Å². The normalized spacial score (nSPS) is 13.0. The summed E-state index contributed by atoms with van der Waals surface area (Å²) in [6.07, 6.45) is 1.64. The highest BCUT2D eigenvalue weighted by atomic mass is 16.5. The Morgan fingerprint density at radius 3 is 2.27 bits per heavy atom. The molecule has 0 aliphatic rings. The van der Waals surface area contributed by atoms with Crippen LogP contribution in [0.5, 0.6) is 5.88 Å². The van der Waals surface area contributed by atoms with Gasteiger partial charge in [0.25, 0.3) is 0 Å². The lowest BCUT2D eigenvalue weighted by Gasteiger charge is -2.36. The quantitative estimate of drug-likeness (QED) is 0.493. The van der Waals surface area contributed by atoms with Gasteiger partial charge in [0, 0.05) is 30.9 Å². The average Bonchev–Trinajstić information content (AvgIpc) is 2.78. The molecule has 3 rings (SSSR count). The Hall–Kier alpha value is -3.22. The topological polar surface area (TPSA) is 88.7 Å². The number of carboxylic acids is 1. The second kappa shape index (κ2) is 10.5. The molecule has 3 N–H and O–H groups in total.